The number of nitrogens with one attached hydrogen (secondary N) is 1. The Morgan fingerprint density at radius 3 is 2.59 bits per heavy atom. The maximum absolute atomic E-state index is 13.4. The van der Waals surface area contributed by atoms with E-state index in [1.807, 2.05) is 23.3 Å². The Labute approximate surface area is 194 Å². The van der Waals surface area contributed by atoms with Crippen LogP contribution in [0.5, 0.6) is 0 Å². The van der Waals surface area contributed by atoms with Crippen LogP contribution in [-0.2, 0) is 13.0 Å². The zero-order valence-corrected chi connectivity index (χ0v) is 19.0. The second-order valence-corrected chi connectivity index (χ2v) is 8.74. The van der Waals surface area contributed by atoms with E-state index in [4.69, 9.17) is 5.73 Å². The number of allylic oxidation sites excluding steroid dienone is 3. The van der Waals surface area contributed by atoms with Crippen LogP contribution in [0.3, 0.4) is 0 Å². The molecule has 2 aromatic rings. The summed E-state index contributed by atoms with van der Waals surface area (Å²) in [6.45, 7) is 2.69. The molecule has 0 fully saturated rings. The van der Waals surface area contributed by atoms with Gasteiger partial charge in [0.2, 0.25) is 0 Å². The largest absolute Gasteiger partial charge is 0.385 e. The molecule has 2 aromatic carbocycles. The predicted molar refractivity (Wildman–Crippen MR) is 128 cm³/mol. The zero-order chi connectivity index (χ0) is 21.6. The van der Waals surface area contributed by atoms with Crippen LogP contribution in [-0.4, -0.2) is 10.7 Å². The highest BCUT2D eigenvalue weighted by molar-refractivity contribution is 5.85. The topological polar surface area (TPSA) is 61.5 Å². The molecule has 0 aromatic heterocycles. The van der Waals surface area contributed by atoms with Crippen molar-refractivity contribution in [1.82, 2.24) is 5.43 Å². The molecule has 32 heavy (non-hydrogen) atoms. The van der Waals surface area contributed by atoms with Gasteiger partial charge in [0.1, 0.15) is 5.82 Å². The number of aryl methyl sites for hydroxylation is 1. The van der Waals surface area contributed by atoms with Gasteiger partial charge in [-0.05, 0) is 78.3 Å². The van der Waals surface area contributed by atoms with E-state index in [9.17, 15) is 9.50 Å². The molecular weight excluding hydrogens is 425 g/mol. The maximum atomic E-state index is 13.4. The molecule has 0 radical (unpaired) electrons. The first-order chi connectivity index (χ1) is 15.0. The highest BCUT2D eigenvalue weighted by Crippen LogP contribution is 2.50. The molecule has 4 N–H and O–H groups in total. The van der Waals surface area contributed by atoms with Gasteiger partial charge in [0, 0.05) is 24.2 Å². The van der Waals surface area contributed by atoms with Crippen LogP contribution in [0.25, 0.3) is 0 Å². The van der Waals surface area contributed by atoms with E-state index in [0.29, 0.717) is 13.0 Å². The predicted octanol–water partition coefficient (Wildman–Crippen LogP) is 4.90. The average Bonchev–Trinajstić information content (AvgIpc) is 3.35. The van der Waals surface area contributed by atoms with Gasteiger partial charge in [-0.3, -0.25) is 5.01 Å². The van der Waals surface area contributed by atoms with Crippen molar-refractivity contribution in [3.63, 3.8) is 0 Å². The number of hydrazine groups is 1. The molecule has 0 spiro atoms. The van der Waals surface area contributed by atoms with Gasteiger partial charge >= 0.3 is 0 Å². The van der Waals surface area contributed by atoms with Crippen molar-refractivity contribution in [2.24, 2.45) is 11.7 Å². The SMILES string of the molecule is C[C@H]1C2=CNN(c3ccc(F)cc3)C2=CC2=C1[C@](O)(CCc1ccccc1CN)CC2.Cl. The van der Waals surface area contributed by atoms with Gasteiger partial charge in [0.05, 0.1) is 17.0 Å². The second kappa shape index (κ2) is 8.74. The zero-order valence-electron chi connectivity index (χ0n) is 18.1. The van der Waals surface area contributed by atoms with Gasteiger partial charge in [0.15, 0.2) is 0 Å². The Morgan fingerprint density at radius 2 is 1.88 bits per heavy atom. The van der Waals surface area contributed by atoms with Crippen molar-refractivity contribution in [3.8, 4) is 0 Å². The lowest BCUT2D eigenvalue weighted by Gasteiger charge is -2.34. The highest BCUT2D eigenvalue weighted by atomic mass is 35.5. The summed E-state index contributed by atoms with van der Waals surface area (Å²) in [4.78, 5) is 0. The summed E-state index contributed by atoms with van der Waals surface area (Å²) in [6, 6.07) is 14.7. The average molecular weight is 454 g/mol. The lowest BCUT2D eigenvalue weighted by molar-refractivity contribution is 0.0633. The maximum Gasteiger partial charge on any atom is 0.123 e. The normalized spacial score (nSPS) is 23.8. The third kappa shape index (κ3) is 3.75. The molecule has 0 saturated carbocycles. The Bertz CT molecular complexity index is 1110. The minimum Gasteiger partial charge on any atom is -0.385 e. The number of nitrogens with two attached hydrogens (primary N) is 1. The Kier molecular flexibility index (Phi) is 6.17. The Hall–Kier alpha value is -2.60. The smallest absolute Gasteiger partial charge is 0.123 e. The fourth-order valence-electron chi connectivity index (χ4n) is 5.37. The van der Waals surface area contributed by atoms with E-state index in [-0.39, 0.29) is 24.1 Å². The van der Waals surface area contributed by atoms with E-state index in [1.165, 1.54) is 23.3 Å². The monoisotopic (exact) mass is 453 g/mol. The van der Waals surface area contributed by atoms with Gasteiger partial charge in [-0.15, -0.1) is 12.4 Å². The number of rotatable bonds is 5. The number of aliphatic hydroxyl groups is 1. The third-order valence-corrected chi connectivity index (χ3v) is 6.98. The van der Waals surface area contributed by atoms with Gasteiger partial charge in [-0.2, -0.15) is 0 Å². The summed E-state index contributed by atoms with van der Waals surface area (Å²) >= 11 is 0. The van der Waals surface area contributed by atoms with Gasteiger partial charge in [-0.25, -0.2) is 4.39 Å². The molecule has 0 amide bonds. The number of fused-ring (bicyclic) bond motifs is 1. The van der Waals surface area contributed by atoms with E-state index in [2.05, 4.69) is 30.6 Å². The first-order valence-corrected chi connectivity index (χ1v) is 11.0. The summed E-state index contributed by atoms with van der Waals surface area (Å²) < 4.78 is 13.4. The molecule has 168 valence electrons. The summed E-state index contributed by atoms with van der Waals surface area (Å²) in [7, 11) is 0. The highest BCUT2D eigenvalue weighted by Gasteiger charge is 2.45. The van der Waals surface area contributed by atoms with Crippen LogP contribution in [0.15, 0.2) is 83.2 Å². The third-order valence-electron chi connectivity index (χ3n) is 6.98. The second-order valence-electron chi connectivity index (χ2n) is 8.74. The molecule has 2 atom stereocenters. The van der Waals surface area contributed by atoms with Gasteiger partial charge in [-0.1, -0.05) is 31.2 Å². The van der Waals surface area contributed by atoms with E-state index < -0.39 is 5.60 Å². The first-order valence-electron chi connectivity index (χ1n) is 11.0. The molecule has 0 unspecified atom stereocenters. The molecule has 6 heteroatoms. The summed E-state index contributed by atoms with van der Waals surface area (Å²) in [6.07, 6.45) is 7.31. The molecule has 1 aliphatic heterocycles. The van der Waals surface area contributed by atoms with Crippen molar-refractivity contribution in [2.75, 3.05) is 5.01 Å². The van der Waals surface area contributed by atoms with Gasteiger partial charge in [0.25, 0.3) is 0 Å². The lowest BCUT2D eigenvalue weighted by Crippen LogP contribution is -2.34. The minimum absolute atomic E-state index is 0. The number of nitrogens with zero attached hydrogens (tertiary/aromatic N) is 1. The standard InChI is InChI=1S/C26H28FN3O.ClH/c1-17-23-16-29-30(22-8-6-21(27)7-9-22)24(23)14-19-11-13-26(31,25(17)19)12-10-18-4-2-3-5-20(18)15-28;/h2-9,14,16-17,29,31H,10-13,15,28H2,1H3;1H/t17-,26-;/m0./s1. The number of halogens is 2. The number of anilines is 1. The fraction of sp³-hybridized carbons (Fsp3) is 0.308. The molecular formula is C26H29ClFN3O. The summed E-state index contributed by atoms with van der Waals surface area (Å²) in [5, 5.41) is 13.7. The van der Waals surface area contributed by atoms with E-state index in [0.717, 1.165) is 47.4 Å². The van der Waals surface area contributed by atoms with Crippen molar-refractivity contribution in [3.05, 3.63) is 100 Å². The van der Waals surface area contributed by atoms with Crippen molar-refractivity contribution >= 4 is 18.1 Å². The molecule has 4 nitrogen and oxygen atoms in total. The fourth-order valence-corrected chi connectivity index (χ4v) is 5.37. The van der Waals surface area contributed by atoms with Gasteiger partial charge < -0.3 is 16.3 Å². The summed E-state index contributed by atoms with van der Waals surface area (Å²) in [5.74, 6) is -0.130. The van der Waals surface area contributed by atoms with Crippen LogP contribution in [0.4, 0.5) is 10.1 Å². The Balaban J connectivity index is 0.00000245. The molecule has 2 aliphatic carbocycles. The van der Waals surface area contributed by atoms with Crippen molar-refractivity contribution in [2.45, 2.75) is 44.8 Å². The van der Waals surface area contributed by atoms with E-state index >= 15 is 0 Å². The Morgan fingerprint density at radius 1 is 1.16 bits per heavy atom. The number of hydrogen-bond acceptors (Lipinski definition) is 4. The molecule has 3 aliphatic rings. The van der Waals surface area contributed by atoms with Crippen molar-refractivity contribution < 1.29 is 9.50 Å². The lowest BCUT2D eigenvalue weighted by atomic mass is 9.76. The minimum atomic E-state index is -0.803. The number of hydrogen-bond donors (Lipinski definition) is 3. The van der Waals surface area contributed by atoms with Crippen LogP contribution >= 0.6 is 12.4 Å². The quantitative estimate of drug-likeness (QED) is 0.602. The van der Waals surface area contributed by atoms with Crippen LogP contribution < -0.4 is 16.2 Å². The van der Waals surface area contributed by atoms with Crippen LogP contribution in [0.1, 0.15) is 37.3 Å². The van der Waals surface area contributed by atoms with Crippen molar-refractivity contribution in [1.29, 1.82) is 0 Å². The molecule has 0 bridgehead atoms. The first kappa shape index (κ1) is 22.6. The number of benzene rings is 2. The summed E-state index contributed by atoms with van der Waals surface area (Å²) in [5.41, 5.74) is 16.3. The van der Waals surface area contributed by atoms with Crippen LogP contribution in [0, 0.1) is 11.7 Å². The molecule has 0 saturated heterocycles. The molecule has 5 rings (SSSR count). The van der Waals surface area contributed by atoms with E-state index in [1.54, 1.807) is 12.1 Å². The van der Waals surface area contributed by atoms with Crippen LogP contribution in [0.2, 0.25) is 0 Å². The molecule has 1 heterocycles.